The molecule has 4 nitrogen and oxygen atoms in total. The molecule has 0 aliphatic rings. The molecule has 0 amide bonds. The summed E-state index contributed by atoms with van der Waals surface area (Å²) in [5.74, 6) is -0.537. The van der Waals surface area contributed by atoms with E-state index in [2.05, 4.69) is 0 Å². The van der Waals surface area contributed by atoms with Crippen molar-refractivity contribution in [1.29, 1.82) is 0 Å². The Labute approximate surface area is 90.9 Å². The van der Waals surface area contributed by atoms with Crippen molar-refractivity contribution in [3.63, 3.8) is 0 Å². The summed E-state index contributed by atoms with van der Waals surface area (Å²) in [5, 5.41) is 0. The molecule has 4 heteroatoms. The first kappa shape index (κ1) is 13.9. The second-order valence-corrected chi connectivity index (χ2v) is 3.64. The monoisotopic (exact) mass is 216 g/mol. The molecule has 2 atom stereocenters. The fourth-order valence-electron chi connectivity index (χ4n) is 1.34. The highest BCUT2D eigenvalue weighted by molar-refractivity contribution is 5.66. The molecular formula is C11H20O4. The van der Waals surface area contributed by atoms with Crippen LogP contribution in [0.25, 0.3) is 0 Å². The van der Waals surface area contributed by atoms with Crippen LogP contribution in [0.15, 0.2) is 0 Å². The highest BCUT2D eigenvalue weighted by Gasteiger charge is 2.13. The summed E-state index contributed by atoms with van der Waals surface area (Å²) >= 11 is 0. The summed E-state index contributed by atoms with van der Waals surface area (Å²) in [7, 11) is 0. The predicted octanol–water partition coefficient (Wildman–Crippen LogP) is 2.06. The second kappa shape index (κ2) is 7.26. The number of hydrogen-bond acceptors (Lipinski definition) is 4. The van der Waals surface area contributed by atoms with E-state index in [1.54, 1.807) is 0 Å². The maximum absolute atomic E-state index is 10.7. The van der Waals surface area contributed by atoms with Crippen LogP contribution >= 0.6 is 0 Å². The third-order valence-corrected chi connectivity index (χ3v) is 2.05. The minimum atomic E-state index is -0.275. The molecule has 0 fully saturated rings. The average molecular weight is 216 g/mol. The van der Waals surface area contributed by atoms with E-state index in [9.17, 15) is 9.59 Å². The van der Waals surface area contributed by atoms with Crippen LogP contribution in [-0.2, 0) is 19.1 Å². The Kier molecular flexibility index (Phi) is 6.75. The lowest BCUT2D eigenvalue weighted by atomic mass is 10.1. The molecule has 0 unspecified atom stereocenters. The van der Waals surface area contributed by atoms with Crippen LogP contribution in [0.4, 0.5) is 0 Å². The predicted molar refractivity (Wildman–Crippen MR) is 56.3 cm³/mol. The molecule has 0 saturated carbocycles. The zero-order chi connectivity index (χ0) is 11.8. The van der Waals surface area contributed by atoms with E-state index in [0.717, 1.165) is 12.8 Å². The highest BCUT2D eigenvalue weighted by Crippen LogP contribution is 2.11. The lowest BCUT2D eigenvalue weighted by Crippen LogP contribution is -2.19. The van der Waals surface area contributed by atoms with Gasteiger partial charge in [0.05, 0.1) is 6.10 Å². The molecule has 0 aliphatic carbocycles. The van der Waals surface area contributed by atoms with Crippen molar-refractivity contribution in [3.05, 3.63) is 0 Å². The average Bonchev–Trinajstić information content (AvgIpc) is 2.10. The van der Waals surface area contributed by atoms with Crippen LogP contribution in [0.3, 0.4) is 0 Å². The van der Waals surface area contributed by atoms with Gasteiger partial charge in [-0.1, -0.05) is 6.92 Å². The summed E-state index contributed by atoms with van der Waals surface area (Å²) in [4.78, 5) is 21.4. The first-order chi connectivity index (χ1) is 6.95. The molecule has 0 N–H and O–H groups in total. The maximum Gasteiger partial charge on any atom is 0.302 e. The number of hydrogen-bond donors (Lipinski definition) is 0. The van der Waals surface area contributed by atoms with Crippen LogP contribution in [0.2, 0.25) is 0 Å². The summed E-state index contributed by atoms with van der Waals surface area (Å²) < 4.78 is 10.0. The van der Waals surface area contributed by atoms with Gasteiger partial charge in [0, 0.05) is 13.8 Å². The zero-order valence-corrected chi connectivity index (χ0v) is 9.91. The second-order valence-electron chi connectivity index (χ2n) is 3.64. The van der Waals surface area contributed by atoms with E-state index >= 15 is 0 Å². The molecule has 0 aliphatic heterocycles. The first-order valence-electron chi connectivity index (χ1n) is 5.30. The third-order valence-electron chi connectivity index (χ3n) is 2.05. The Bertz CT molecular complexity index is 213. The van der Waals surface area contributed by atoms with Crippen molar-refractivity contribution in [2.24, 2.45) is 0 Å². The molecule has 0 saturated heterocycles. The SMILES string of the molecule is CC[C@H](CC[C@@H](C)OC(C)=O)OC(C)=O. The van der Waals surface area contributed by atoms with Gasteiger partial charge in [-0.25, -0.2) is 0 Å². The minimum Gasteiger partial charge on any atom is -0.463 e. The lowest BCUT2D eigenvalue weighted by molar-refractivity contribution is -0.150. The molecule has 0 bridgehead atoms. The Hall–Kier alpha value is -1.06. The van der Waals surface area contributed by atoms with Gasteiger partial charge in [-0.2, -0.15) is 0 Å². The smallest absolute Gasteiger partial charge is 0.302 e. The Balaban J connectivity index is 3.79. The number of carbonyl (C=O) groups is 2. The van der Waals surface area contributed by atoms with Crippen molar-refractivity contribution >= 4 is 11.9 Å². The standard InChI is InChI=1S/C11H20O4/c1-5-11(15-10(4)13)7-6-8(2)14-9(3)12/h8,11H,5-7H2,1-4H3/t8-,11-/m1/s1. The topological polar surface area (TPSA) is 52.6 Å². The largest absolute Gasteiger partial charge is 0.463 e. The summed E-state index contributed by atoms with van der Waals surface area (Å²) in [5.41, 5.74) is 0. The van der Waals surface area contributed by atoms with Gasteiger partial charge >= 0.3 is 11.9 Å². The van der Waals surface area contributed by atoms with E-state index in [1.165, 1.54) is 13.8 Å². The van der Waals surface area contributed by atoms with Gasteiger partial charge in [0.1, 0.15) is 6.10 Å². The van der Waals surface area contributed by atoms with E-state index in [4.69, 9.17) is 9.47 Å². The number of ether oxygens (including phenoxy) is 2. The van der Waals surface area contributed by atoms with Crippen LogP contribution < -0.4 is 0 Å². The van der Waals surface area contributed by atoms with Gasteiger partial charge in [0.15, 0.2) is 0 Å². The maximum atomic E-state index is 10.7. The van der Waals surface area contributed by atoms with E-state index in [-0.39, 0.29) is 24.1 Å². The van der Waals surface area contributed by atoms with Crippen LogP contribution in [-0.4, -0.2) is 24.1 Å². The number of carbonyl (C=O) groups excluding carboxylic acids is 2. The fourth-order valence-corrected chi connectivity index (χ4v) is 1.34. The van der Waals surface area contributed by atoms with E-state index in [1.807, 2.05) is 13.8 Å². The Morgan fingerprint density at radius 2 is 1.60 bits per heavy atom. The van der Waals surface area contributed by atoms with Gasteiger partial charge in [-0.3, -0.25) is 9.59 Å². The van der Waals surface area contributed by atoms with Gasteiger partial charge < -0.3 is 9.47 Å². The van der Waals surface area contributed by atoms with E-state index in [0.29, 0.717) is 6.42 Å². The Morgan fingerprint density at radius 3 is 2.00 bits per heavy atom. The van der Waals surface area contributed by atoms with Crippen molar-refractivity contribution in [1.82, 2.24) is 0 Å². The number of rotatable bonds is 6. The van der Waals surface area contributed by atoms with Crippen molar-refractivity contribution in [3.8, 4) is 0 Å². The summed E-state index contributed by atoms with van der Waals surface area (Å²) in [6.07, 6.45) is 2.04. The van der Waals surface area contributed by atoms with Crippen LogP contribution in [0.1, 0.15) is 47.0 Å². The lowest BCUT2D eigenvalue weighted by Gasteiger charge is -2.17. The normalized spacial score (nSPS) is 14.1. The number of esters is 2. The molecular weight excluding hydrogens is 196 g/mol. The molecule has 0 radical (unpaired) electrons. The molecule has 88 valence electrons. The van der Waals surface area contributed by atoms with Gasteiger partial charge in [0.2, 0.25) is 0 Å². The quantitative estimate of drug-likeness (QED) is 0.638. The summed E-state index contributed by atoms with van der Waals surface area (Å²) in [6.45, 7) is 6.59. The van der Waals surface area contributed by atoms with Crippen molar-refractivity contribution < 1.29 is 19.1 Å². The molecule has 0 rings (SSSR count). The highest BCUT2D eigenvalue weighted by atomic mass is 16.5. The van der Waals surface area contributed by atoms with Gasteiger partial charge in [0.25, 0.3) is 0 Å². The van der Waals surface area contributed by atoms with Gasteiger partial charge in [-0.05, 0) is 26.2 Å². The molecule has 0 aromatic rings. The van der Waals surface area contributed by atoms with Crippen LogP contribution in [0.5, 0.6) is 0 Å². The van der Waals surface area contributed by atoms with Crippen molar-refractivity contribution in [2.75, 3.05) is 0 Å². The molecule has 0 aromatic carbocycles. The minimum absolute atomic E-state index is 0.0690. The molecule has 15 heavy (non-hydrogen) atoms. The summed E-state index contributed by atoms with van der Waals surface area (Å²) in [6, 6.07) is 0. The zero-order valence-electron chi connectivity index (χ0n) is 9.91. The third kappa shape index (κ3) is 7.97. The van der Waals surface area contributed by atoms with Crippen molar-refractivity contribution in [2.45, 2.75) is 59.2 Å². The van der Waals surface area contributed by atoms with E-state index < -0.39 is 0 Å². The fraction of sp³-hybridized carbons (Fsp3) is 0.818. The molecule has 0 spiro atoms. The Morgan fingerprint density at radius 1 is 1.07 bits per heavy atom. The van der Waals surface area contributed by atoms with Crippen LogP contribution in [0, 0.1) is 0 Å². The molecule has 0 heterocycles. The molecule has 0 aromatic heterocycles. The first-order valence-corrected chi connectivity index (χ1v) is 5.30. The van der Waals surface area contributed by atoms with Gasteiger partial charge in [-0.15, -0.1) is 0 Å².